The summed E-state index contributed by atoms with van der Waals surface area (Å²) in [6, 6.07) is -0.519. The van der Waals surface area contributed by atoms with E-state index in [0.29, 0.717) is 19.4 Å². The molecule has 0 aromatic heterocycles. The molecule has 0 aliphatic rings. The lowest BCUT2D eigenvalue weighted by Gasteiger charge is -2.07. The number of hydrogen-bond donors (Lipinski definition) is 1. The number of nitrogens with two attached hydrogens (primary N) is 1. The van der Waals surface area contributed by atoms with Crippen molar-refractivity contribution in [1.29, 1.82) is 0 Å². The summed E-state index contributed by atoms with van der Waals surface area (Å²) < 4.78 is 4.72. The molecule has 2 N–H and O–H groups in total. The Morgan fingerprint density at radius 3 is 3.00 bits per heavy atom. The Balaban J connectivity index is 3.63. The monoisotopic (exact) mass is 169 g/mol. The van der Waals surface area contributed by atoms with Crippen LogP contribution in [0.25, 0.3) is 0 Å². The van der Waals surface area contributed by atoms with Crippen LogP contribution in [-0.4, -0.2) is 18.6 Å². The fourth-order valence-electron chi connectivity index (χ4n) is 0.732. The van der Waals surface area contributed by atoms with Crippen LogP contribution < -0.4 is 5.73 Å². The van der Waals surface area contributed by atoms with Gasteiger partial charge in [-0.25, -0.2) is 0 Å². The Hall–Kier alpha value is -1.05. The van der Waals surface area contributed by atoms with Crippen molar-refractivity contribution in [3.05, 3.63) is 18.4 Å². The van der Waals surface area contributed by atoms with Crippen LogP contribution in [-0.2, 0) is 9.53 Å². The lowest BCUT2D eigenvalue weighted by atomic mass is 10.2. The third kappa shape index (κ3) is 4.72. The normalized spacial score (nSPS) is 11.5. The van der Waals surface area contributed by atoms with E-state index in [1.165, 1.54) is 0 Å². The molecule has 0 bridgehead atoms. The van der Waals surface area contributed by atoms with Crippen LogP contribution in [0.15, 0.2) is 18.4 Å². The Morgan fingerprint density at radius 1 is 1.83 bits per heavy atom. The van der Waals surface area contributed by atoms with Crippen molar-refractivity contribution >= 4 is 5.97 Å². The molecular formula is C9H15NO2. The van der Waals surface area contributed by atoms with Crippen LogP contribution in [0.4, 0.5) is 0 Å². The van der Waals surface area contributed by atoms with Gasteiger partial charge >= 0.3 is 5.97 Å². The van der Waals surface area contributed by atoms with Crippen molar-refractivity contribution in [2.45, 2.75) is 25.8 Å². The van der Waals surface area contributed by atoms with E-state index in [4.69, 9.17) is 10.5 Å². The minimum Gasteiger partial charge on any atom is -0.465 e. The second kappa shape index (κ2) is 6.65. The van der Waals surface area contributed by atoms with Crippen LogP contribution in [0.3, 0.4) is 0 Å². The molecule has 12 heavy (non-hydrogen) atoms. The average Bonchev–Trinajstić information content (AvgIpc) is 2.05. The molecule has 0 aromatic rings. The molecule has 1 atom stereocenters. The molecule has 1 unspecified atom stereocenters. The molecule has 0 radical (unpaired) electrons. The fourth-order valence-corrected chi connectivity index (χ4v) is 0.732. The Kier molecular flexibility index (Phi) is 6.07. The molecule has 0 saturated heterocycles. The quantitative estimate of drug-likeness (QED) is 0.493. The molecule has 68 valence electrons. The van der Waals surface area contributed by atoms with E-state index < -0.39 is 6.04 Å². The first-order chi connectivity index (χ1) is 5.72. The largest absolute Gasteiger partial charge is 0.465 e. The van der Waals surface area contributed by atoms with Crippen molar-refractivity contribution in [3.8, 4) is 0 Å². The van der Waals surface area contributed by atoms with Gasteiger partial charge in [0.15, 0.2) is 0 Å². The molecular weight excluding hydrogens is 154 g/mol. The molecule has 0 aliphatic carbocycles. The van der Waals surface area contributed by atoms with Gasteiger partial charge in [-0.2, -0.15) is 0 Å². The zero-order valence-electron chi connectivity index (χ0n) is 7.38. The Bertz CT molecular complexity index is 183. The lowest BCUT2D eigenvalue weighted by molar-refractivity contribution is -0.144. The maximum Gasteiger partial charge on any atom is 0.322 e. The molecule has 0 aliphatic heterocycles. The highest BCUT2D eigenvalue weighted by Gasteiger charge is 2.12. The first-order valence-corrected chi connectivity index (χ1v) is 3.98. The predicted octanol–water partition coefficient (Wildman–Crippen LogP) is 0.998. The Labute approximate surface area is 72.9 Å². The second-order valence-electron chi connectivity index (χ2n) is 2.34. The first kappa shape index (κ1) is 11.0. The molecule has 0 spiro atoms. The van der Waals surface area contributed by atoms with Gasteiger partial charge in [0.05, 0.1) is 6.61 Å². The van der Waals surface area contributed by atoms with Gasteiger partial charge in [-0.3, -0.25) is 4.79 Å². The van der Waals surface area contributed by atoms with Crippen molar-refractivity contribution < 1.29 is 9.53 Å². The highest BCUT2D eigenvalue weighted by Crippen LogP contribution is 1.97. The van der Waals surface area contributed by atoms with E-state index in [2.05, 4.69) is 12.3 Å². The van der Waals surface area contributed by atoms with Crippen LogP contribution in [0.2, 0.25) is 0 Å². The zero-order chi connectivity index (χ0) is 9.40. The summed E-state index contributed by atoms with van der Waals surface area (Å²) in [5.41, 5.74) is 8.11. The predicted molar refractivity (Wildman–Crippen MR) is 47.6 cm³/mol. The van der Waals surface area contributed by atoms with Gasteiger partial charge in [-0.15, -0.1) is 5.73 Å². The SMILES string of the molecule is C=C=CCCC(N)C(=O)OCC. The maximum atomic E-state index is 10.9. The number of esters is 1. The highest BCUT2D eigenvalue weighted by atomic mass is 16.5. The summed E-state index contributed by atoms with van der Waals surface area (Å²) >= 11 is 0. The second-order valence-corrected chi connectivity index (χ2v) is 2.34. The topological polar surface area (TPSA) is 52.3 Å². The molecule has 0 rings (SSSR count). The van der Waals surface area contributed by atoms with Gasteiger partial charge < -0.3 is 10.5 Å². The van der Waals surface area contributed by atoms with Gasteiger partial charge in [0.1, 0.15) is 6.04 Å². The van der Waals surface area contributed by atoms with Crippen molar-refractivity contribution in [1.82, 2.24) is 0 Å². The molecule has 0 amide bonds. The number of carbonyl (C=O) groups excluding carboxylic acids is 1. The number of ether oxygens (including phenoxy) is 1. The summed E-state index contributed by atoms with van der Waals surface area (Å²) in [6.07, 6.45) is 3.05. The molecule has 3 heteroatoms. The summed E-state index contributed by atoms with van der Waals surface area (Å²) in [7, 11) is 0. The van der Waals surface area contributed by atoms with E-state index in [1.54, 1.807) is 13.0 Å². The molecule has 3 nitrogen and oxygen atoms in total. The van der Waals surface area contributed by atoms with Crippen LogP contribution in [0.1, 0.15) is 19.8 Å². The van der Waals surface area contributed by atoms with Crippen LogP contribution in [0, 0.1) is 0 Å². The number of rotatable bonds is 5. The van der Waals surface area contributed by atoms with Gasteiger partial charge in [0.2, 0.25) is 0 Å². The van der Waals surface area contributed by atoms with Gasteiger partial charge in [0, 0.05) is 0 Å². The molecule has 0 heterocycles. The number of carbonyl (C=O) groups is 1. The maximum absolute atomic E-state index is 10.9. The molecule has 0 fully saturated rings. The number of allylic oxidation sites excluding steroid dienone is 1. The van der Waals surface area contributed by atoms with E-state index in [1.807, 2.05) is 0 Å². The zero-order valence-corrected chi connectivity index (χ0v) is 7.38. The summed E-state index contributed by atoms with van der Waals surface area (Å²) in [4.78, 5) is 10.9. The van der Waals surface area contributed by atoms with Crippen molar-refractivity contribution in [2.24, 2.45) is 5.73 Å². The van der Waals surface area contributed by atoms with Crippen molar-refractivity contribution in [2.75, 3.05) is 6.61 Å². The van der Waals surface area contributed by atoms with Crippen molar-refractivity contribution in [3.63, 3.8) is 0 Å². The third-order valence-corrected chi connectivity index (χ3v) is 1.36. The summed E-state index contributed by atoms with van der Waals surface area (Å²) in [6.45, 7) is 5.54. The van der Waals surface area contributed by atoms with Gasteiger partial charge in [-0.05, 0) is 25.8 Å². The number of hydrogen-bond acceptors (Lipinski definition) is 3. The minimum absolute atomic E-state index is 0.338. The van der Waals surface area contributed by atoms with Crippen LogP contribution >= 0.6 is 0 Å². The molecule has 0 saturated carbocycles. The van der Waals surface area contributed by atoms with Gasteiger partial charge in [-0.1, -0.05) is 6.58 Å². The standard InChI is InChI=1S/C9H15NO2/c1-3-5-6-7-8(10)9(11)12-4-2/h5,8H,1,4,6-7,10H2,2H3. The highest BCUT2D eigenvalue weighted by molar-refractivity contribution is 5.75. The van der Waals surface area contributed by atoms with Gasteiger partial charge in [0.25, 0.3) is 0 Å². The summed E-state index contributed by atoms with van der Waals surface area (Å²) in [5, 5.41) is 0. The van der Waals surface area contributed by atoms with E-state index in [0.717, 1.165) is 0 Å². The average molecular weight is 169 g/mol. The first-order valence-electron chi connectivity index (χ1n) is 3.98. The minimum atomic E-state index is -0.519. The third-order valence-electron chi connectivity index (χ3n) is 1.36. The van der Waals surface area contributed by atoms with E-state index in [9.17, 15) is 4.79 Å². The smallest absolute Gasteiger partial charge is 0.322 e. The van der Waals surface area contributed by atoms with E-state index in [-0.39, 0.29) is 5.97 Å². The van der Waals surface area contributed by atoms with Crippen LogP contribution in [0.5, 0.6) is 0 Å². The lowest BCUT2D eigenvalue weighted by Crippen LogP contribution is -2.31. The Morgan fingerprint density at radius 2 is 2.50 bits per heavy atom. The molecule has 0 aromatic carbocycles. The summed E-state index contributed by atoms with van der Waals surface area (Å²) in [5.74, 6) is -0.338. The fraction of sp³-hybridized carbons (Fsp3) is 0.556. The van der Waals surface area contributed by atoms with E-state index >= 15 is 0 Å².